The maximum atomic E-state index is 5.03. The third-order valence-corrected chi connectivity index (χ3v) is 8.79. The molecule has 0 spiro atoms. The Balaban J connectivity index is 1.53. The summed E-state index contributed by atoms with van der Waals surface area (Å²) >= 11 is 0. The maximum absolute atomic E-state index is 5.03. The second kappa shape index (κ2) is 11.8. The van der Waals surface area contributed by atoms with Crippen molar-refractivity contribution < 1.29 is 0 Å². The highest BCUT2D eigenvalue weighted by Gasteiger charge is 2.43. The first-order chi connectivity index (χ1) is 19.8. The van der Waals surface area contributed by atoms with E-state index in [1.165, 1.54) is 97.6 Å². The molecule has 0 fully saturated rings. The molecule has 204 valence electrons. The van der Waals surface area contributed by atoms with Crippen LogP contribution in [-0.4, -0.2) is 20.0 Å². The number of nitrogens with zero attached hydrogens (tertiary/aromatic N) is 4. The summed E-state index contributed by atoms with van der Waals surface area (Å²) < 4.78 is 0. The second-order valence-electron chi connectivity index (χ2n) is 11.3. The van der Waals surface area contributed by atoms with Crippen molar-refractivity contribution in [3.8, 4) is 27.9 Å². The summed E-state index contributed by atoms with van der Waals surface area (Å²) in [7, 11) is 0. The minimum Gasteiger partial charge on any atom is -0.265 e. The van der Waals surface area contributed by atoms with Crippen molar-refractivity contribution in [2.24, 2.45) is 0 Å². The molecule has 1 aliphatic rings. The average molecular weight is 529 g/mol. The van der Waals surface area contributed by atoms with Crippen LogP contribution in [0.4, 0.5) is 0 Å². The number of benzene rings is 3. The molecular weight excluding hydrogens is 488 g/mol. The molecule has 0 saturated heterocycles. The van der Waals surface area contributed by atoms with Gasteiger partial charge in [-0.05, 0) is 58.9 Å². The van der Waals surface area contributed by atoms with Gasteiger partial charge in [-0.2, -0.15) is 4.80 Å². The Bertz CT molecular complexity index is 1570. The smallest absolute Gasteiger partial charge is 0.121 e. The van der Waals surface area contributed by atoms with Gasteiger partial charge in [0.15, 0.2) is 0 Å². The molecule has 0 bridgehead atoms. The Morgan fingerprint density at radius 3 is 1.95 bits per heavy atom. The van der Waals surface area contributed by atoms with Gasteiger partial charge in [-0.3, -0.25) is 4.98 Å². The van der Waals surface area contributed by atoms with E-state index in [0.717, 1.165) is 16.7 Å². The van der Waals surface area contributed by atoms with Gasteiger partial charge < -0.3 is 0 Å². The normalized spacial score (nSPS) is 13.4. The molecule has 4 heteroatoms. The van der Waals surface area contributed by atoms with Gasteiger partial charge in [0.1, 0.15) is 11.0 Å². The molecule has 0 atom stereocenters. The maximum Gasteiger partial charge on any atom is 0.121 e. The molecule has 0 amide bonds. The lowest BCUT2D eigenvalue weighted by Gasteiger charge is -2.34. The minimum atomic E-state index is 0.0211. The summed E-state index contributed by atoms with van der Waals surface area (Å²) in [6, 6.07) is 26.5. The van der Waals surface area contributed by atoms with E-state index in [2.05, 4.69) is 79.5 Å². The molecule has 2 heterocycles. The van der Waals surface area contributed by atoms with Crippen LogP contribution in [0.1, 0.15) is 89.2 Å². The molecule has 0 radical (unpaired) electrons. The zero-order chi connectivity index (χ0) is 27.4. The summed E-state index contributed by atoms with van der Waals surface area (Å²) in [6.07, 6.45) is 16.2. The summed E-state index contributed by atoms with van der Waals surface area (Å²) in [6.45, 7) is 4.61. The zero-order valence-corrected chi connectivity index (χ0v) is 23.9. The Hall–Kier alpha value is -3.79. The molecule has 3 aromatic carbocycles. The van der Waals surface area contributed by atoms with Crippen molar-refractivity contribution in [2.45, 2.75) is 83.5 Å². The number of hydrogen-bond donors (Lipinski definition) is 0. The summed E-state index contributed by atoms with van der Waals surface area (Å²) in [5.41, 5.74) is 11.1. The summed E-state index contributed by atoms with van der Waals surface area (Å²) in [5, 5.41) is 9.89. The highest BCUT2D eigenvalue weighted by molar-refractivity contribution is 5.97. The predicted octanol–water partition coefficient (Wildman–Crippen LogP) is 9.69. The van der Waals surface area contributed by atoms with Gasteiger partial charge in [-0.25, -0.2) is 0 Å². The number of fused-ring (bicyclic) bond motifs is 4. The summed E-state index contributed by atoms with van der Waals surface area (Å²) in [5.74, 6) is 0. The van der Waals surface area contributed by atoms with Crippen LogP contribution >= 0.6 is 0 Å². The molecule has 0 N–H and O–H groups in total. The highest BCUT2D eigenvalue weighted by atomic mass is 15.5. The van der Waals surface area contributed by atoms with E-state index < -0.39 is 0 Å². The molecule has 0 aliphatic heterocycles. The van der Waals surface area contributed by atoms with Crippen LogP contribution in [0.5, 0.6) is 0 Å². The Morgan fingerprint density at radius 1 is 0.600 bits per heavy atom. The number of aromatic nitrogens is 4. The van der Waals surface area contributed by atoms with Gasteiger partial charge in [0, 0.05) is 23.4 Å². The van der Waals surface area contributed by atoms with Crippen molar-refractivity contribution in [2.75, 3.05) is 0 Å². The predicted molar refractivity (Wildman–Crippen MR) is 166 cm³/mol. The van der Waals surface area contributed by atoms with Crippen LogP contribution in [-0.2, 0) is 5.41 Å². The van der Waals surface area contributed by atoms with Crippen molar-refractivity contribution in [1.82, 2.24) is 20.0 Å². The fraction of sp³-hybridized carbons (Fsp3) is 0.361. The minimum absolute atomic E-state index is 0.0211. The largest absolute Gasteiger partial charge is 0.265 e. The molecule has 1 aliphatic carbocycles. The van der Waals surface area contributed by atoms with Crippen LogP contribution in [0, 0.1) is 0 Å². The zero-order valence-electron chi connectivity index (χ0n) is 23.9. The molecule has 5 aromatic rings. The Morgan fingerprint density at radius 2 is 1.23 bits per heavy atom. The van der Waals surface area contributed by atoms with E-state index in [4.69, 9.17) is 10.2 Å². The monoisotopic (exact) mass is 528 g/mol. The quantitative estimate of drug-likeness (QED) is 0.151. The molecular formula is C36H40N4. The molecule has 0 saturated carbocycles. The lowest BCUT2D eigenvalue weighted by atomic mass is 9.68. The first-order valence-corrected chi connectivity index (χ1v) is 15.3. The van der Waals surface area contributed by atoms with E-state index in [1.54, 1.807) is 17.2 Å². The topological polar surface area (TPSA) is 43.6 Å². The first kappa shape index (κ1) is 26.4. The van der Waals surface area contributed by atoms with Crippen molar-refractivity contribution in [3.63, 3.8) is 0 Å². The van der Waals surface area contributed by atoms with Crippen LogP contribution in [0.3, 0.4) is 0 Å². The highest BCUT2D eigenvalue weighted by Crippen LogP contribution is 2.57. The molecule has 0 unspecified atom stereocenters. The van der Waals surface area contributed by atoms with Gasteiger partial charge in [-0.1, -0.05) is 120 Å². The third kappa shape index (κ3) is 4.74. The lowest BCUT2D eigenvalue weighted by Crippen LogP contribution is -2.26. The van der Waals surface area contributed by atoms with Gasteiger partial charge in [0.05, 0.1) is 5.69 Å². The number of rotatable bonds is 12. The number of hydrogen-bond acceptors (Lipinski definition) is 3. The lowest BCUT2D eigenvalue weighted by molar-refractivity contribution is 0.402. The fourth-order valence-corrected chi connectivity index (χ4v) is 6.88. The van der Waals surface area contributed by atoms with Crippen LogP contribution in [0.25, 0.3) is 39.0 Å². The SMILES string of the molecule is CCCCCCC1(CCCCCC)c2ccccc2-c2cccc(-c3cccc4nn(-c5ccncc5)nc34)c21. The molecule has 6 rings (SSSR count). The average Bonchev–Trinajstić information content (AvgIpc) is 3.57. The molecule has 40 heavy (non-hydrogen) atoms. The van der Waals surface area contributed by atoms with Crippen LogP contribution in [0.2, 0.25) is 0 Å². The third-order valence-electron chi connectivity index (χ3n) is 8.79. The standard InChI is InChI=1S/C36H40N4/c1-3-5-7-11-23-36(24-12-8-6-4-2)32-19-10-9-15-28(32)29-16-13-17-30(34(29)36)31-18-14-20-33-35(31)39-40(38-33)27-21-25-37-26-22-27/h9-10,13-22,25-26H,3-8,11-12,23-24H2,1-2H3. The van der Waals surface area contributed by atoms with Crippen molar-refractivity contribution in [1.29, 1.82) is 0 Å². The molecule has 4 nitrogen and oxygen atoms in total. The van der Waals surface area contributed by atoms with E-state index in [0.29, 0.717) is 0 Å². The van der Waals surface area contributed by atoms with E-state index in [1.807, 2.05) is 12.1 Å². The number of unbranched alkanes of at least 4 members (excludes halogenated alkanes) is 6. The Labute approximate surface area is 238 Å². The van der Waals surface area contributed by atoms with Gasteiger partial charge >= 0.3 is 0 Å². The summed E-state index contributed by atoms with van der Waals surface area (Å²) in [4.78, 5) is 5.91. The fourth-order valence-electron chi connectivity index (χ4n) is 6.88. The van der Waals surface area contributed by atoms with Crippen molar-refractivity contribution >= 4 is 11.0 Å². The van der Waals surface area contributed by atoms with E-state index in [9.17, 15) is 0 Å². The molecule has 2 aromatic heterocycles. The van der Waals surface area contributed by atoms with E-state index in [-0.39, 0.29) is 5.41 Å². The number of pyridine rings is 1. The van der Waals surface area contributed by atoms with E-state index >= 15 is 0 Å². The van der Waals surface area contributed by atoms with Gasteiger partial charge in [0.2, 0.25) is 0 Å². The second-order valence-corrected chi connectivity index (χ2v) is 11.3. The van der Waals surface area contributed by atoms with Gasteiger partial charge in [-0.15, -0.1) is 10.2 Å². The van der Waals surface area contributed by atoms with Crippen molar-refractivity contribution in [3.05, 3.63) is 96.3 Å². The van der Waals surface area contributed by atoms with Gasteiger partial charge in [0.25, 0.3) is 0 Å². The van der Waals surface area contributed by atoms with Crippen LogP contribution in [0.15, 0.2) is 85.2 Å². The first-order valence-electron chi connectivity index (χ1n) is 15.3. The Kier molecular flexibility index (Phi) is 7.77. The van der Waals surface area contributed by atoms with Crippen LogP contribution < -0.4 is 0 Å².